The van der Waals surface area contributed by atoms with Crippen LogP contribution in [0.3, 0.4) is 0 Å². The lowest BCUT2D eigenvalue weighted by Crippen LogP contribution is -2.59. The minimum Gasteiger partial charge on any atom is -0.371 e. The van der Waals surface area contributed by atoms with E-state index in [1.807, 2.05) is 0 Å². The quantitative estimate of drug-likeness (QED) is 0.841. The average molecular weight is 263 g/mol. The Bertz CT molecular complexity index is 398. The molecule has 0 aromatic heterocycles. The molecule has 0 bridgehead atoms. The Morgan fingerprint density at radius 2 is 1.78 bits per heavy atom. The highest BCUT2D eigenvalue weighted by Crippen LogP contribution is 2.29. The third kappa shape index (κ3) is 3.00. The first kappa shape index (κ1) is 13.3. The molecule has 1 N–H and O–H groups in total. The summed E-state index contributed by atoms with van der Waals surface area (Å²) in [5.41, 5.74) is 0.323. The molecule has 1 fully saturated rings. The number of alkyl halides is 3. The highest BCUT2D eigenvalue weighted by Gasteiger charge is 2.40. The molecule has 0 amide bonds. The fourth-order valence-corrected chi connectivity index (χ4v) is 1.98. The van der Waals surface area contributed by atoms with Gasteiger partial charge in [-0.15, -0.1) is 0 Å². The molecule has 2 nitrogen and oxygen atoms in total. The van der Waals surface area contributed by atoms with Crippen molar-refractivity contribution < 1.29 is 22.3 Å². The normalized spacial score (nSPS) is 18.4. The van der Waals surface area contributed by atoms with Crippen LogP contribution in [-0.4, -0.2) is 32.5 Å². The van der Waals surface area contributed by atoms with Crippen LogP contribution in [0.25, 0.3) is 0 Å². The van der Waals surface area contributed by atoms with Crippen molar-refractivity contribution in [1.29, 1.82) is 0 Å². The largest absolute Gasteiger partial charge is 0.411 e. The van der Waals surface area contributed by atoms with Crippen LogP contribution in [0.15, 0.2) is 24.3 Å². The first-order valence-electron chi connectivity index (χ1n) is 5.53. The van der Waals surface area contributed by atoms with Gasteiger partial charge in [-0.2, -0.15) is 13.2 Å². The molecule has 1 saturated heterocycles. The maximum Gasteiger partial charge on any atom is 0.411 e. The number of hydrogen-bond acceptors (Lipinski definition) is 2. The van der Waals surface area contributed by atoms with Crippen LogP contribution in [0, 0.1) is 5.82 Å². The zero-order valence-corrected chi connectivity index (χ0v) is 9.56. The predicted octanol–water partition coefficient (Wildman–Crippen LogP) is 2.25. The molecule has 1 aromatic rings. The van der Waals surface area contributed by atoms with Gasteiger partial charge in [0.1, 0.15) is 12.4 Å². The van der Waals surface area contributed by atoms with Crippen molar-refractivity contribution in [2.75, 3.05) is 26.3 Å². The minimum absolute atomic E-state index is 0.0227. The Morgan fingerprint density at radius 3 is 2.22 bits per heavy atom. The molecule has 1 aliphatic rings. The number of rotatable bonds is 4. The fourth-order valence-electron chi connectivity index (χ4n) is 1.98. The number of benzene rings is 1. The standard InChI is InChI=1S/C12H13F4NO/c13-10-3-1-9(2-4-10)11(5-17-6-11)7-18-8-12(14,15)16/h1-4,17H,5-8H2. The maximum atomic E-state index is 12.8. The lowest BCUT2D eigenvalue weighted by Gasteiger charge is -2.43. The molecule has 1 aliphatic heterocycles. The molecule has 0 unspecified atom stereocenters. The van der Waals surface area contributed by atoms with E-state index in [1.165, 1.54) is 12.1 Å². The zero-order chi connectivity index (χ0) is 13.2. The van der Waals surface area contributed by atoms with Crippen molar-refractivity contribution >= 4 is 0 Å². The minimum atomic E-state index is -4.32. The van der Waals surface area contributed by atoms with E-state index >= 15 is 0 Å². The molecular formula is C12H13F4NO. The second kappa shape index (κ2) is 4.85. The Morgan fingerprint density at radius 1 is 1.17 bits per heavy atom. The van der Waals surface area contributed by atoms with Gasteiger partial charge in [0.2, 0.25) is 0 Å². The molecule has 1 aromatic carbocycles. The molecule has 0 aliphatic carbocycles. The van der Waals surface area contributed by atoms with E-state index in [1.54, 1.807) is 12.1 Å². The Balaban J connectivity index is 2.00. The van der Waals surface area contributed by atoms with Gasteiger partial charge < -0.3 is 10.1 Å². The second-order valence-corrected chi connectivity index (χ2v) is 4.50. The van der Waals surface area contributed by atoms with Gasteiger partial charge in [-0.1, -0.05) is 12.1 Å². The van der Waals surface area contributed by atoms with Crippen LogP contribution >= 0.6 is 0 Å². The average Bonchev–Trinajstić information content (AvgIpc) is 2.22. The van der Waals surface area contributed by atoms with Crippen molar-refractivity contribution in [1.82, 2.24) is 5.32 Å². The lowest BCUT2D eigenvalue weighted by atomic mass is 9.76. The summed E-state index contributed by atoms with van der Waals surface area (Å²) in [7, 11) is 0. The Labute approximate surface area is 102 Å². The van der Waals surface area contributed by atoms with E-state index in [4.69, 9.17) is 4.74 Å². The van der Waals surface area contributed by atoms with Gasteiger partial charge >= 0.3 is 6.18 Å². The molecular weight excluding hydrogens is 250 g/mol. The van der Waals surface area contributed by atoms with Crippen molar-refractivity contribution in [2.24, 2.45) is 0 Å². The maximum absolute atomic E-state index is 12.8. The summed E-state index contributed by atoms with van der Waals surface area (Å²) in [5.74, 6) is -0.364. The van der Waals surface area contributed by atoms with E-state index in [9.17, 15) is 17.6 Å². The van der Waals surface area contributed by atoms with Crippen LogP contribution in [0.4, 0.5) is 17.6 Å². The second-order valence-electron chi connectivity index (χ2n) is 4.50. The fraction of sp³-hybridized carbons (Fsp3) is 0.500. The third-order valence-corrected chi connectivity index (χ3v) is 3.03. The number of hydrogen-bond donors (Lipinski definition) is 1. The van der Waals surface area contributed by atoms with Crippen LogP contribution in [0.1, 0.15) is 5.56 Å². The van der Waals surface area contributed by atoms with E-state index < -0.39 is 18.2 Å². The zero-order valence-electron chi connectivity index (χ0n) is 9.56. The van der Waals surface area contributed by atoms with Crippen LogP contribution in [0.5, 0.6) is 0 Å². The molecule has 100 valence electrons. The molecule has 0 saturated carbocycles. The summed E-state index contributed by atoms with van der Waals surface area (Å²) in [5, 5.41) is 3.01. The number of nitrogens with one attached hydrogen (secondary N) is 1. The number of halogens is 4. The summed E-state index contributed by atoms with van der Waals surface area (Å²) in [4.78, 5) is 0. The number of ether oxygens (including phenoxy) is 1. The highest BCUT2D eigenvalue weighted by molar-refractivity contribution is 5.30. The van der Waals surface area contributed by atoms with Gasteiger partial charge in [-0.25, -0.2) is 4.39 Å². The molecule has 0 atom stereocenters. The smallest absolute Gasteiger partial charge is 0.371 e. The van der Waals surface area contributed by atoms with Gasteiger partial charge in [0.15, 0.2) is 0 Å². The summed E-state index contributed by atoms with van der Waals surface area (Å²) in [6, 6.07) is 5.79. The van der Waals surface area contributed by atoms with Crippen LogP contribution < -0.4 is 5.32 Å². The van der Waals surface area contributed by atoms with Crippen molar-refractivity contribution in [3.05, 3.63) is 35.6 Å². The van der Waals surface area contributed by atoms with Gasteiger partial charge in [0.25, 0.3) is 0 Å². The first-order chi connectivity index (χ1) is 8.41. The molecule has 0 radical (unpaired) electrons. The third-order valence-electron chi connectivity index (χ3n) is 3.03. The molecule has 0 spiro atoms. The van der Waals surface area contributed by atoms with Gasteiger partial charge in [0.05, 0.1) is 6.61 Å². The van der Waals surface area contributed by atoms with Crippen LogP contribution in [-0.2, 0) is 10.2 Å². The predicted molar refractivity (Wildman–Crippen MR) is 57.8 cm³/mol. The van der Waals surface area contributed by atoms with Gasteiger partial charge in [0, 0.05) is 18.5 Å². The van der Waals surface area contributed by atoms with E-state index in [0.29, 0.717) is 13.1 Å². The van der Waals surface area contributed by atoms with Crippen molar-refractivity contribution in [3.8, 4) is 0 Å². The molecule has 18 heavy (non-hydrogen) atoms. The first-order valence-corrected chi connectivity index (χ1v) is 5.53. The molecule has 1 heterocycles. The van der Waals surface area contributed by atoms with Gasteiger partial charge in [-0.3, -0.25) is 0 Å². The summed E-state index contributed by atoms with van der Waals surface area (Å²) < 4.78 is 53.6. The van der Waals surface area contributed by atoms with Crippen LogP contribution in [0.2, 0.25) is 0 Å². The van der Waals surface area contributed by atoms with Gasteiger partial charge in [-0.05, 0) is 17.7 Å². The molecule has 2 rings (SSSR count). The Kier molecular flexibility index (Phi) is 3.59. The summed E-state index contributed by atoms with van der Waals surface area (Å²) in [6.07, 6.45) is -4.32. The SMILES string of the molecule is Fc1ccc(C2(COCC(F)(F)F)CNC2)cc1. The molecule has 6 heteroatoms. The van der Waals surface area contributed by atoms with E-state index in [0.717, 1.165) is 5.56 Å². The monoisotopic (exact) mass is 263 g/mol. The Hall–Kier alpha value is -1.14. The van der Waals surface area contributed by atoms with E-state index in [-0.39, 0.29) is 12.4 Å². The summed E-state index contributed by atoms with van der Waals surface area (Å²) in [6.45, 7) is -0.200. The van der Waals surface area contributed by atoms with E-state index in [2.05, 4.69) is 5.32 Å². The topological polar surface area (TPSA) is 21.3 Å². The summed E-state index contributed by atoms with van der Waals surface area (Å²) >= 11 is 0. The van der Waals surface area contributed by atoms with Crippen molar-refractivity contribution in [2.45, 2.75) is 11.6 Å². The lowest BCUT2D eigenvalue weighted by molar-refractivity contribution is -0.179. The highest BCUT2D eigenvalue weighted by atomic mass is 19.4. The van der Waals surface area contributed by atoms with Crippen molar-refractivity contribution in [3.63, 3.8) is 0 Å².